The lowest BCUT2D eigenvalue weighted by atomic mass is 9.68. The van der Waals surface area contributed by atoms with Crippen molar-refractivity contribution in [2.75, 3.05) is 27.7 Å². The van der Waals surface area contributed by atoms with Crippen LogP contribution in [-0.2, 0) is 10.2 Å². The highest BCUT2D eigenvalue weighted by Crippen LogP contribution is 2.44. The highest BCUT2D eigenvalue weighted by molar-refractivity contribution is 5.70. The van der Waals surface area contributed by atoms with E-state index >= 15 is 0 Å². The van der Waals surface area contributed by atoms with E-state index in [4.69, 9.17) is 10.5 Å². The third-order valence-corrected chi connectivity index (χ3v) is 6.19. The molecule has 0 spiro atoms. The van der Waals surface area contributed by atoms with Gasteiger partial charge in [-0.1, -0.05) is 60.7 Å². The first-order chi connectivity index (χ1) is 14.8. The first-order valence-corrected chi connectivity index (χ1v) is 10.9. The third kappa shape index (κ3) is 5.54. The lowest BCUT2D eigenvalue weighted by Gasteiger charge is -2.40. The molecule has 2 N–H and O–H groups in total. The maximum atomic E-state index is 13.0. The van der Waals surface area contributed by atoms with Gasteiger partial charge in [0.2, 0.25) is 0 Å². The van der Waals surface area contributed by atoms with Crippen LogP contribution in [0.1, 0.15) is 38.3 Å². The normalized spacial score (nSPS) is 14.3. The Bertz CT molecular complexity index is 810. The van der Waals surface area contributed by atoms with Crippen LogP contribution in [0.4, 0.5) is 4.79 Å². The number of carbonyl (C=O) groups excluding carboxylic acids is 1. The SMILES string of the molecule is C/C=C(\OC(=O)N(C)C(C)CN)C(CC(C)N(C)C)(c1ccccc1)c1ccccc1. The van der Waals surface area contributed by atoms with Crippen LogP contribution >= 0.6 is 0 Å². The summed E-state index contributed by atoms with van der Waals surface area (Å²) in [6, 6.07) is 20.7. The molecule has 0 heterocycles. The van der Waals surface area contributed by atoms with Gasteiger partial charge in [0, 0.05) is 25.7 Å². The molecule has 0 radical (unpaired) electrons. The van der Waals surface area contributed by atoms with Crippen molar-refractivity contribution in [3.63, 3.8) is 0 Å². The number of rotatable bonds is 9. The first-order valence-electron chi connectivity index (χ1n) is 10.9. The van der Waals surface area contributed by atoms with Gasteiger partial charge in [0.1, 0.15) is 5.76 Å². The van der Waals surface area contributed by atoms with E-state index in [1.54, 1.807) is 11.9 Å². The smallest absolute Gasteiger partial charge is 0.414 e. The van der Waals surface area contributed by atoms with Crippen LogP contribution in [0.5, 0.6) is 0 Å². The summed E-state index contributed by atoms with van der Waals surface area (Å²) in [5.41, 5.74) is 7.33. The second-order valence-corrected chi connectivity index (χ2v) is 8.37. The average molecular weight is 424 g/mol. The molecule has 0 aliphatic carbocycles. The van der Waals surface area contributed by atoms with Crippen LogP contribution in [0.15, 0.2) is 72.5 Å². The van der Waals surface area contributed by atoms with E-state index in [0.29, 0.717) is 12.3 Å². The monoisotopic (exact) mass is 423 g/mol. The molecule has 31 heavy (non-hydrogen) atoms. The van der Waals surface area contributed by atoms with Gasteiger partial charge in [-0.25, -0.2) is 4.79 Å². The molecule has 0 saturated carbocycles. The molecule has 0 saturated heterocycles. The quantitative estimate of drug-likeness (QED) is 0.597. The molecule has 1 amide bonds. The number of amides is 1. The first kappa shape index (κ1) is 24.6. The second-order valence-electron chi connectivity index (χ2n) is 8.37. The summed E-state index contributed by atoms with van der Waals surface area (Å²) in [6.07, 6.45) is 2.26. The Morgan fingerprint density at radius 2 is 1.45 bits per heavy atom. The molecule has 5 nitrogen and oxygen atoms in total. The molecule has 0 fully saturated rings. The van der Waals surface area contributed by atoms with E-state index in [9.17, 15) is 4.79 Å². The Labute approximate surface area is 187 Å². The lowest BCUT2D eigenvalue weighted by Crippen LogP contribution is -2.43. The summed E-state index contributed by atoms with van der Waals surface area (Å²) in [5, 5.41) is 0. The minimum Gasteiger partial charge on any atom is -0.414 e. The van der Waals surface area contributed by atoms with Gasteiger partial charge in [0.05, 0.1) is 5.41 Å². The zero-order chi connectivity index (χ0) is 23.0. The lowest BCUT2D eigenvalue weighted by molar-refractivity contribution is 0.111. The van der Waals surface area contributed by atoms with E-state index in [2.05, 4.69) is 50.2 Å². The van der Waals surface area contributed by atoms with Gasteiger partial charge >= 0.3 is 6.09 Å². The molecular weight excluding hydrogens is 386 g/mol. The van der Waals surface area contributed by atoms with Crippen LogP contribution in [0.3, 0.4) is 0 Å². The number of nitrogens with two attached hydrogens (primary N) is 1. The number of nitrogens with zero attached hydrogens (tertiary/aromatic N) is 2. The predicted molar refractivity (Wildman–Crippen MR) is 128 cm³/mol. The zero-order valence-electron chi connectivity index (χ0n) is 19.7. The Hall–Kier alpha value is -2.63. The fourth-order valence-corrected chi connectivity index (χ4v) is 3.76. The minimum atomic E-state index is -0.622. The summed E-state index contributed by atoms with van der Waals surface area (Å²) in [5.74, 6) is 0.625. The number of hydrogen-bond donors (Lipinski definition) is 1. The maximum Gasteiger partial charge on any atom is 0.414 e. The molecule has 5 heteroatoms. The van der Waals surface area contributed by atoms with Crippen LogP contribution in [0.25, 0.3) is 0 Å². The van der Waals surface area contributed by atoms with E-state index in [1.807, 2.05) is 56.3 Å². The number of ether oxygens (including phenoxy) is 1. The Kier molecular flexibility index (Phi) is 8.84. The Morgan fingerprint density at radius 3 is 1.84 bits per heavy atom. The summed E-state index contributed by atoms with van der Waals surface area (Å²) in [6.45, 7) is 6.40. The molecule has 2 aromatic carbocycles. The second kappa shape index (κ2) is 11.1. The van der Waals surface area contributed by atoms with Gasteiger partial charge in [-0.15, -0.1) is 0 Å². The fraction of sp³-hybridized carbons (Fsp3) is 0.423. The molecule has 2 unspecified atom stereocenters. The molecule has 0 aliphatic rings. The summed E-state index contributed by atoms with van der Waals surface area (Å²) in [7, 11) is 5.87. The summed E-state index contributed by atoms with van der Waals surface area (Å²) in [4.78, 5) is 16.8. The molecule has 0 aromatic heterocycles. The van der Waals surface area contributed by atoms with Gasteiger partial charge < -0.3 is 20.3 Å². The predicted octanol–water partition coefficient (Wildman–Crippen LogP) is 4.63. The molecular formula is C26H37N3O2. The molecule has 2 aromatic rings. The highest BCUT2D eigenvalue weighted by atomic mass is 16.6. The van der Waals surface area contributed by atoms with Crippen molar-refractivity contribution < 1.29 is 9.53 Å². The van der Waals surface area contributed by atoms with Crippen molar-refractivity contribution in [1.29, 1.82) is 0 Å². The van der Waals surface area contributed by atoms with E-state index < -0.39 is 11.5 Å². The van der Waals surface area contributed by atoms with Crippen LogP contribution in [-0.4, -0.2) is 55.7 Å². The topological polar surface area (TPSA) is 58.8 Å². The van der Waals surface area contributed by atoms with Crippen LogP contribution < -0.4 is 5.73 Å². The number of allylic oxidation sites excluding steroid dienone is 2. The summed E-state index contributed by atoms with van der Waals surface area (Å²) >= 11 is 0. The van der Waals surface area contributed by atoms with Gasteiger partial charge in [-0.2, -0.15) is 0 Å². The fourth-order valence-electron chi connectivity index (χ4n) is 3.76. The van der Waals surface area contributed by atoms with Crippen LogP contribution in [0.2, 0.25) is 0 Å². The maximum absolute atomic E-state index is 13.0. The van der Waals surface area contributed by atoms with Gasteiger partial charge in [0.15, 0.2) is 0 Å². The average Bonchev–Trinajstić information content (AvgIpc) is 2.80. The largest absolute Gasteiger partial charge is 0.414 e. The highest BCUT2D eigenvalue weighted by Gasteiger charge is 2.42. The van der Waals surface area contributed by atoms with E-state index in [1.165, 1.54) is 0 Å². The van der Waals surface area contributed by atoms with Crippen molar-refractivity contribution in [3.05, 3.63) is 83.6 Å². The Balaban J connectivity index is 2.67. The third-order valence-electron chi connectivity index (χ3n) is 6.19. The van der Waals surface area contributed by atoms with Gasteiger partial charge in [-0.3, -0.25) is 0 Å². The number of carbonyl (C=O) groups is 1. The zero-order valence-corrected chi connectivity index (χ0v) is 19.7. The van der Waals surface area contributed by atoms with Gasteiger partial charge in [0.25, 0.3) is 0 Å². The van der Waals surface area contributed by atoms with Crippen molar-refractivity contribution >= 4 is 6.09 Å². The van der Waals surface area contributed by atoms with Gasteiger partial charge in [-0.05, 0) is 58.5 Å². The number of hydrogen-bond acceptors (Lipinski definition) is 4. The van der Waals surface area contributed by atoms with Crippen molar-refractivity contribution in [1.82, 2.24) is 9.80 Å². The molecule has 168 valence electrons. The van der Waals surface area contributed by atoms with Crippen molar-refractivity contribution in [2.24, 2.45) is 5.73 Å². The molecule has 2 rings (SSSR count). The number of likely N-dealkylation sites (N-methyl/N-ethyl adjacent to an activating group) is 1. The van der Waals surface area contributed by atoms with E-state index in [0.717, 1.165) is 17.5 Å². The molecule has 0 bridgehead atoms. The van der Waals surface area contributed by atoms with E-state index in [-0.39, 0.29) is 12.1 Å². The number of benzene rings is 2. The van der Waals surface area contributed by atoms with Crippen molar-refractivity contribution in [2.45, 2.75) is 44.7 Å². The Morgan fingerprint density at radius 1 is 0.968 bits per heavy atom. The van der Waals surface area contributed by atoms with Crippen molar-refractivity contribution in [3.8, 4) is 0 Å². The molecule has 0 aliphatic heterocycles. The van der Waals surface area contributed by atoms with Crippen LogP contribution in [0, 0.1) is 0 Å². The minimum absolute atomic E-state index is 0.117. The standard InChI is InChI=1S/C26H37N3O2/c1-7-24(31-25(30)29(6)21(3)19-27)26(18-20(2)28(4)5,22-14-10-8-11-15-22)23-16-12-9-13-17-23/h7-17,20-21H,18-19,27H2,1-6H3/b24-7-. The molecule has 2 atom stereocenters. The summed E-state index contributed by atoms with van der Waals surface area (Å²) < 4.78 is 6.11.